The van der Waals surface area contributed by atoms with Crippen LogP contribution in [0.4, 0.5) is 11.5 Å². The number of amides is 1. The number of benzene rings is 1. The lowest BCUT2D eigenvalue weighted by atomic mass is 10.0. The highest BCUT2D eigenvalue weighted by atomic mass is 16.1. The molecule has 1 aromatic carbocycles. The van der Waals surface area contributed by atoms with E-state index in [4.69, 9.17) is 0 Å². The molecule has 1 fully saturated rings. The Hall–Kier alpha value is -2.43. The minimum Gasteiger partial charge on any atom is -0.352 e. The summed E-state index contributed by atoms with van der Waals surface area (Å²) in [6.45, 7) is 5.33. The van der Waals surface area contributed by atoms with E-state index in [1.807, 2.05) is 30.3 Å². The Labute approximate surface area is 149 Å². The molecule has 1 aliphatic heterocycles. The molecule has 2 aromatic rings. The molecule has 5 nitrogen and oxygen atoms in total. The summed E-state index contributed by atoms with van der Waals surface area (Å²) in [7, 11) is 0. The molecule has 5 heteroatoms. The Kier molecular flexibility index (Phi) is 5.64. The minimum absolute atomic E-state index is 0.228. The van der Waals surface area contributed by atoms with Crippen LogP contribution in [0.15, 0.2) is 36.4 Å². The van der Waals surface area contributed by atoms with E-state index < -0.39 is 0 Å². The van der Waals surface area contributed by atoms with Crippen LogP contribution < -0.4 is 10.2 Å². The van der Waals surface area contributed by atoms with Crippen molar-refractivity contribution < 1.29 is 4.79 Å². The molecule has 3 rings (SSSR count). The lowest BCUT2D eigenvalue weighted by molar-refractivity contribution is 0.102. The number of aromatic nitrogens is 2. The number of rotatable bonds is 5. The average Bonchev–Trinajstić information content (AvgIpc) is 2.68. The van der Waals surface area contributed by atoms with E-state index in [2.05, 4.69) is 34.3 Å². The highest BCUT2D eigenvalue weighted by Gasteiger charge is 2.22. The van der Waals surface area contributed by atoms with Gasteiger partial charge in [-0.25, -0.2) is 0 Å². The maximum absolute atomic E-state index is 12.3. The predicted molar refractivity (Wildman–Crippen MR) is 101 cm³/mol. The van der Waals surface area contributed by atoms with E-state index in [9.17, 15) is 4.79 Å². The summed E-state index contributed by atoms with van der Waals surface area (Å²) in [6, 6.07) is 12.1. The predicted octanol–water partition coefficient (Wildman–Crippen LogP) is 4.06. The Morgan fingerprint density at radius 3 is 2.56 bits per heavy atom. The molecule has 1 unspecified atom stereocenters. The standard InChI is InChI=1S/C20H26N4O/c1-3-15-8-10-16(11-9-15)21-20(25)18-12-13-19(23-22-18)24-14-6-5-7-17(24)4-2/h8-13,17H,3-7,14H2,1-2H3,(H,21,25). The number of nitrogens with zero attached hydrogens (tertiary/aromatic N) is 3. The molecule has 1 atom stereocenters. The molecule has 0 radical (unpaired) electrons. The van der Waals surface area contributed by atoms with Gasteiger partial charge in [-0.1, -0.05) is 26.0 Å². The number of hydrogen-bond donors (Lipinski definition) is 1. The fourth-order valence-electron chi connectivity index (χ4n) is 3.35. The molecule has 0 aliphatic carbocycles. The Balaban J connectivity index is 1.67. The summed E-state index contributed by atoms with van der Waals surface area (Å²) < 4.78 is 0. The minimum atomic E-state index is -0.228. The number of carbonyl (C=O) groups is 1. The molecule has 132 valence electrons. The number of anilines is 2. The van der Waals surface area contributed by atoms with Gasteiger partial charge in [-0.05, 0) is 61.9 Å². The topological polar surface area (TPSA) is 58.1 Å². The second-order valence-electron chi connectivity index (χ2n) is 6.53. The summed E-state index contributed by atoms with van der Waals surface area (Å²) in [5.41, 5.74) is 2.36. The molecule has 0 spiro atoms. The molecule has 1 N–H and O–H groups in total. The van der Waals surface area contributed by atoms with Crippen LogP contribution in [-0.4, -0.2) is 28.7 Å². The van der Waals surface area contributed by atoms with Crippen LogP contribution in [0.5, 0.6) is 0 Å². The molecule has 1 aromatic heterocycles. The average molecular weight is 338 g/mol. The summed E-state index contributed by atoms with van der Waals surface area (Å²) in [5.74, 6) is 0.643. The van der Waals surface area contributed by atoms with Crippen LogP contribution in [0.25, 0.3) is 0 Å². The molecule has 25 heavy (non-hydrogen) atoms. The molecule has 1 saturated heterocycles. The maximum atomic E-state index is 12.3. The summed E-state index contributed by atoms with van der Waals surface area (Å²) in [4.78, 5) is 14.7. The van der Waals surface area contributed by atoms with Crippen LogP contribution in [-0.2, 0) is 6.42 Å². The van der Waals surface area contributed by atoms with Crippen molar-refractivity contribution in [3.8, 4) is 0 Å². The smallest absolute Gasteiger partial charge is 0.276 e. The van der Waals surface area contributed by atoms with Crippen LogP contribution in [0.3, 0.4) is 0 Å². The number of hydrogen-bond acceptors (Lipinski definition) is 4. The zero-order chi connectivity index (χ0) is 17.6. The molecule has 2 heterocycles. The third-order valence-electron chi connectivity index (χ3n) is 4.90. The second-order valence-corrected chi connectivity index (χ2v) is 6.53. The first-order chi connectivity index (χ1) is 12.2. The Morgan fingerprint density at radius 2 is 1.92 bits per heavy atom. The van der Waals surface area contributed by atoms with Gasteiger partial charge in [0.2, 0.25) is 0 Å². The largest absolute Gasteiger partial charge is 0.352 e. The SMILES string of the molecule is CCc1ccc(NC(=O)c2ccc(N3CCCCC3CC)nn2)cc1. The lowest BCUT2D eigenvalue weighted by Gasteiger charge is -2.35. The highest BCUT2D eigenvalue weighted by molar-refractivity contribution is 6.02. The van der Waals surface area contributed by atoms with E-state index in [0.717, 1.165) is 30.9 Å². The van der Waals surface area contributed by atoms with Gasteiger partial charge in [0, 0.05) is 18.3 Å². The molecule has 1 amide bonds. The van der Waals surface area contributed by atoms with Crippen molar-refractivity contribution in [2.45, 2.75) is 52.0 Å². The van der Waals surface area contributed by atoms with Gasteiger partial charge < -0.3 is 10.2 Å². The van der Waals surface area contributed by atoms with Crippen LogP contribution in [0.2, 0.25) is 0 Å². The Bertz CT molecular complexity index is 697. The first-order valence-corrected chi connectivity index (χ1v) is 9.22. The maximum Gasteiger partial charge on any atom is 0.276 e. The zero-order valence-electron chi connectivity index (χ0n) is 15.0. The van der Waals surface area contributed by atoms with E-state index >= 15 is 0 Å². The van der Waals surface area contributed by atoms with Crippen molar-refractivity contribution >= 4 is 17.4 Å². The quantitative estimate of drug-likeness (QED) is 0.893. The number of nitrogens with one attached hydrogen (secondary N) is 1. The van der Waals surface area contributed by atoms with Gasteiger partial charge in [-0.15, -0.1) is 10.2 Å². The van der Waals surface area contributed by atoms with Gasteiger partial charge >= 0.3 is 0 Å². The van der Waals surface area contributed by atoms with Crippen molar-refractivity contribution in [2.24, 2.45) is 0 Å². The van der Waals surface area contributed by atoms with Crippen molar-refractivity contribution in [3.05, 3.63) is 47.7 Å². The summed E-state index contributed by atoms with van der Waals surface area (Å²) >= 11 is 0. The third-order valence-corrected chi connectivity index (χ3v) is 4.90. The van der Waals surface area contributed by atoms with Crippen molar-refractivity contribution in [1.29, 1.82) is 0 Å². The monoisotopic (exact) mass is 338 g/mol. The third kappa shape index (κ3) is 4.16. The fraction of sp³-hybridized carbons (Fsp3) is 0.450. The van der Waals surface area contributed by atoms with Gasteiger partial charge in [0.15, 0.2) is 11.5 Å². The van der Waals surface area contributed by atoms with Crippen LogP contribution >= 0.6 is 0 Å². The van der Waals surface area contributed by atoms with E-state index in [-0.39, 0.29) is 5.91 Å². The van der Waals surface area contributed by atoms with E-state index in [1.165, 1.54) is 24.8 Å². The number of aryl methyl sites for hydroxylation is 1. The second kappa shape index (κ2) is 8.10. The van der Waals surface area contributed by atoms with Crippen molar-refractivity contribution in [1.82, 2.24) is 10.2 Å². The van der Waals surface area contributed by atoms with Gasteiger partial charge in [-0.3, -0.25) is 4.79 Å². The van der Waals surface area contributed by atoms with Gasteiger partial charge in [0.1, 0.15) is 0 Å². The molecular weight excluding hydrogens is 312 g/mol. The number of carbonyl (C=O) groups excluding carboxylic acids is 1. The van der Waals surface area contributed by atoms with Gasteiger partial charge in [0.05, 0.1) is 0 Å². The van der Waals surface area contributed by atoms with E-state index in [0.29, 0.717) is 11.7 Å². The summed E-state index contributed by atoms with van der Waals surface area (Å²) in [6.07, 6.45) is 5.76. The highest BCUT2D eigenvalue weighted by Crippen LogP contribution is 2.24. The first-order valence-electron chi connectivity index (χ1n) is 9.22. The van der Waals surface area contributed by atoms with Crippen molar-refractivity contribution in [3.63, 3.8) is 0 Å². The zero-order valence-corrected chi connectivity index (χ0v) is 15.0. The lowest BCUT2D eigenvalue weighted by Crippen LogP contribution is -2.39. The first kappa shape index (κ1) is 17.4. The molecular formula is C20H26N4O. The summed E-state index contributed by atoms with van der Waals surface area (Å²) in [5, 5.41) is 11.3. The van der Waals surface area contributed by atoms with Crippen molar-refractivity contribution in [2.75, 3.05) is 16.8 Å². The Morgan fingerprint density at radius 1 is 1.12 bits per heavy atom. The van der Waals surface area contributed by atoms with E-state index in [1.54, 1.807) is 6.07 Å². The fourth-order valence-corrected chi connectivity index (χ4v) is 3.35. The van der Waals surface area contributed by atoms with Crippen LogP contribution in [0, 0.1) is 0 Å². The number of piperidine rings is 1. The molecule has 0 bridgehead atoms. The normalized spacial score (nSPS) is 17.4. The van der Waals surface area contributed by atoms with Gasteiger partial charge in [0.25, 0.3) is 5.91 Å². The van der Waals surface area contributed by atoms with Gasteiger partial charge in [-0.2, -0.15) is 0 Å². The molecule has 0 saturated carbocycles. The molecule has 1 aliphatic rings. The van der Waals surface area contributed by atoms with Crippen LogP contribution in [0.1, 0.15) is 55.6 Å².